The summed E-state index contributed by atoms with van der Waals surface area (Å²) < 4.78 is 10.5. The van der Waals surface area contributed by atoms with E-state index in [2.05, 4.69) is 12.2 Å². The van der Waals surface area contributed by atoms with Crippen LogP contribution < -0.4 is 14.4 Å². The third-order valence-electron chi connectivity index (χ3n) is 7.98. The maximum Gasteiger partial charge on any atom is 0.259 e. The molecule has 3 fully saturated rings. The average Bonchev–Trinajstić information content (AvgIpc) is 3.67. The second-order valence-electron chi connectivity index (χ2n) is 9.56. The van der Waals surface area contributed by atoms with E-state index in [0.717, 1.165) is 6.42 Å². The molecule has 0 unspecified atom stereocenters. The number of benzene rings is 2. The number of carbonyl (C=O) groups excluding carboxylic acids is 3. The van der Waals surface area contributed by atoms with Crippen LogP contribution in [0.4, 0.5) is 5.69 Å². The Bertz CT molecular complexity index is 1170. The van der Waals surface area contributed by atoms with Crippen molar-refractivity contribution < 1.29 is 23.9 Å². The van der Waals surface area contributed by atoms with Crippen LogP contribution in [0.3, 0.4) is 0 Å². The summed E-state index contributed by atoms with van der Waals surface area (Å²) >= 11 is 0. The number of amides is 3. The minimum atomic E-state index is -0.316. The highest BCUT2D eigenvalue weighted by Crippen LogP contribution is 2.65. The van der Waals surface area contributed by atoms with Gasteiger partial charge in [-0.25, -0.2) is 0 Å². The number of carbonyl (C=O) groups is 3. The molecule has 1 saturated heterocycles. The first kappa shape index (κ1) is 21.0. The second kappa shape index (κ2) is 7.72. The second-order valence-corrected chi connectivity index (χ2v) is 9.56. The molecule has 7 nitrogen and oxygen atoms in total. The van der Waals surface area contributed by atoms with Crippen molar-refractivity contribution in [3.8, 4) is 11.5 Å². The number of nitrogens with zero attached hydrogens (tertiary/aromatic N) is 2. The lowest BCUT2D eigenvalue weighted by atomic mass is 9.63. The normalized spacial score (nSPS) is 30.1. The molecule has 0 radical (unpaired) electrons. The molecule has 2 aromatic carbocycles. The Balaban J connectivity index is 1.34. The van der Waals surface area contributed by atoms with Gasteiger partial charge in [0.05, 0.1) is 26.1 Å². The van der Waals surface area contributed by atoms with Crippen LogP contribution in [0.1, 0.15) is 16.8 Å². The topological polar surface area (TPSA) is 76.2 Å². The maximum atomic E-state index is 13.7. The Kier molecular flexibility index (Phi) is 4.76. The van der Waals surface area contributed by atoms with Crippen LogP contribution in [0.2, 0.25) is 0 Å². The average molecular weight is 459 g/mol. The van der Waals surface area contributed by atoms with Gasteiger partial charge in [-0.15, -0.1) is 0 Å². The molecule has 7 rings (SSSR count). The smallest absolute Gasteiger partial charge is 0.259 e. The van der Waals surface area contributed by atoms with Crippen molar-refractivity contribution >= 4 is 23.4 Å². The van der Waals surface area contributed by atoms with Gasteiger partial charge >= 0.3 is 0 Å². The van der Waals surface area contributed by atoms with E-state index in [1.165, 1.54) is 9.80 Å². The molecule has 6 atom stereocenters. The summed E-state index contributed by atoms with van der Waals surface area (Å²) in [7, 11) is 3.12. The van der Waals surface area contributed by atoms with Crippen LogP contribution >= 0.6 is 0 Å². The van der Waals surface area contributed by atoms with Crippen LogP contribution in [0.15, 0.2) is 60.7 Å². The lowest BCUT2D eigenvalue weighted by molar-refractivity contribution is -0.140. The van der Waals surface area contributed by atoms with E-state index in [1.807, 2.05) is 0 Å². The summed E-state index contributed by atoms with van der Waals surface area (Å²) in [4.78, 5) is 43.5. The van der Waals surface area contributed by atoms with Crippen molar-refractivity contribution in [2.45, 2.75) is 6.42 Å². The van der Waals surface area contributed by atoms with Gasteiger partial charge in [0, 0.05) is 11.3 Å². The summed E-state index contributed by atoms with van der Waals surface area (Å²) in [6.07, 6.45) is 5.41. The molecule has 0 aromatic heterocycles. The molecule has 2 aromatic rings. The summed E-state index contributed by atoms with van der Waals surface area (Å²) in [5.41, 5.74) is 0.989. The first-order chi connectivity index (χ1) is 16.5. The minimum Gasteiger partial charge on any atom is -0.497 e. The molecule has 0 spiro atoms. The molecule has 0 N–H and O–H groups in total. The van der Waals surface area contributed by atoms with Crippen molar-refractivity contribution in [2.24, 2.45) is 35.5 Å². The van der Waals surface area contributed by atoms with Gasteiger partial charge in [-0.05, 0) is 72.6 Å². The van der Waals surface area contributed by atoms with Crippen molar-refractivity contribution in [1.29, 1.82) is 0 Å². The third kappa shape index (κ3) is 3.06. The van der Waals surface area contributed by atoms with E-state index in [0.29, 0.717) is 34.6 Å². The number of anilines is 1. The largest absolute Gasteiger partial charge is 0.497 e. The summed E-state index contributed by atoms with van der Waals surface area (Å²) in [5.74, 6) is 1.34. The molecule has 7 heteroatoms. The van der Waals surface area contributed by atoms with Crippen molar-refractivity contribution in [3.05, 3.63) is 66.2 Å². The minimum absolute atomic E-state index is 0.123. The SMILES string of the molecule is COc1ccc(N(CN2C(=O)[C@@H]3[C@H]4C=C[C@@H]([C@@H]5C[C@H]45)[C@@H]3C2=O)C(=O)c2cccc(OC)c2)cc1. The number of imide groups is 1. The van der Waals surface area contributed by atoms with Crippen molar-refractivity contribution in [3.63, 3.8) is 0 Å². The van der Waals surface area contributed by atoms with E-state index in [4.69, 9.17) is 9.47 Å². The van der Waals surface area contributed by atoms with Gasteiger partial charge in [0.1, 0.15) is 18.2 Å². The lowest BCUT2D eigenvalue weighted by Crippen LogP contribution is -2.45. The predicted octanol–water partition coefficient (Wildman–Crippen LogP) is 3.36. The highest BCUT2D eigenvalue weighted by molar-refractivity contribution is 6.10. The molecule has 4 aliphatic carbocycles. The molecular weight excluding hydrogens is 432 g/mol. The number of likely N-dealkylation sites (tertiary alicyclic amines) is 1. The molecule has 2 bridgehead atoms. The summed E-state index contributed by atoms with van der Waals surface area (Å²) in [6.45, 7) is -0.123. The fourth-order valence-corrected chi connectivity index (χ4v) is 6.24. The molecule has 1 aliphatic heterocycles. The number of hydrogen-bond acceptors (Lipinski definition) is 5. The van der Waals surface area contributed by atoms with Gasteiger partial charge in [0.2, 0.25) is 11.8 Å². The third-order valence-corrected chi connectivity index (χ3v) is 7.98. The van der Waals surface area contributed by atoms with Crippen LogP contribution in [-0.4, -0.2) is 43.5 Å². The number of ether oxygens (including phenoxy) is 2. The number of rotatable bonds is 6. The van der Waals surface area contributed by atoms with Gasteiger partial charge in [0.25, 0.3) is 5.91 Å². The Morgan fingerprint density at radius 1 is 0.912 bits per heavy atom. The monoisotopic (exact) mass is 458 g/mol. The first-order valence-electron chi connectivity index (χ1n) is 11.7. The van der Waals surface area contributed by atoms with Crippen LogP contribution in [0.25, 0.3) is 0 Å². The zero-order chi connectivity index (χ0) is 23.6. The zero-order valence-corrected chi connectivity index (χ0v) is 19.1. The molecule has 1 heterocycles. The first-order valence-corrected chi connectivity index (χ1v) is 11.7. The van der Waals surface area contributed by atoms with E-state index in [-0.39, 0.29) is 48.1 Å². The number of allylic oxidation sites excluding steroid dienone is 2. The van der Waals surface area contributed by atoms with E-state index < -0.39 is 0 Å². The maximum absolute atomic E-state index is 13.7. The van der Waals surface area contributed by atoms with Gasteiger partial charge in [-0.3, -0.25) is 24.2 Å². The zero-order valence-electron chi connectivity index (χ0n) is 19.1. The van der Waals surface area contributed by atoms with Gasteiger partial charge in [-0.2, -0.15) is 0 Å². The highest BCUT2D eigenvalue weighted by Gasteiger charge is 2.67. The van der Waals surface area contributed by atoms with E-state index in [1.54, 1.807) is 62.8 Å². The Morgan fingerprint density at radius 3 is 2.12 bits per heavy atom. The van der Waals surface area contributed by atoms with E-state index >= 15 is 0 Å². The molecule has 34 heavy (non-hydrogen) atoms. The standard InChI is InChI=1S/C27H26N2O5/c1-33-17-8-6-16(7-9-17)28(25(30)15-4-3-5-18(12-15)34-2)14-29-26(31)23-19-10-11-20(22-13-21(19)22)24(23)27(29)32/h3-12,19-24H,13-14H2,1-2H3/t19-,20-,21-,22+,23-,24+/m0/s1. The van der Waals surface area contributed by atoms with Crippen molar-refractivity contribution in [2.75, 3.05) is 25.8 Å². The van der Waals surface area contributed by atoms with Crippen LogP contribution in [-0.2, 0) is 9.59 Å². The Morgan fingerprint density at radius 2 is 1.53 bits per heavy atom. The summed E-state index contributed by atoms with van der Waals surface area (Å²) in [6, 6.07) is 13.9. The van der Waals surface area contributed by atoms with Crippen LogP contribution in [0, 0.1) is 35.5 Å². The van der Waals surface area contributed by atoms with Gasteiger partial charge in [0.15, 0.2) is 0 Å². The van der Waals surface area contributed by atoms with E-state index in [9.17, 15) is 14.4 Å². The summed E-state index contributed by atoms with van der Waals surface area (Å²) in [5, 5.41) is 0. The van der Waals surface area contributed by atoms with Gasteiger partial charge in [-0.1, -0.05) is 18.2 Å². The number of methoxy groups -OCH3 is 2. The molecule has 2 saturated carbocycles. The molecule has 5 aliphatic rings. The predicted molar refractivity (Wildman–Crippen MR) is 124 cm³/mol. The fraction of sp³-hybridized carbons (Fsp3) is 0.370. The van der Waals surface area contributed by atoms with Crippen molar-refractivity contribution in [1.82, 2.24) is 4.90 Å². The van der Waals surface area contributed by atoms with Gasteiger partial charge < -0.3 is 9.47 Å². The number of hydrogen-bond donors (Lipinski definition) is 0. The molecule has 174 valence electrons. The Hall–Kier alpha value is -3.61. The Labute approximate surface area is 197 Å². The fourth-order valence-electron chi connectivity index (χ4n) is 6.24. The molecule has 3 amide bonds. The van der Waals surface area contributed by atoms with Crippen LogP contribution in [0.5, 0.6) is 11.5 Å². The quantitative estimate of drug-likeness (QED) is 0.490. The molecular formula is C27H26N2O5. The highest BCUT2D eigenvalue weighted by atomic mass is 16.5. The lowest BCUT2D eigenvalue weighted by Gasteiger charge is -2.37.